The van der Waals surface area contributed by atoms with Gasteiger partial charge in [-0.15, -0.1) is 0 Å². The van der Waals surface area contributed by atoms with Crippen LogP contribution in [0.2, 0.25) is 0 Å². The highest BCUT2D eigenvalue weighted by atomic mass is 16.5. The number of amides is 1. The maximum Gasteiger partial charge on any atom is 0.224 e. The Balaban J connectivity index is 1.73. The SMILES string of the molecule is O=C1CCCCN1COCc1ccccc1. The minimum absolute atomic E-state index is 0.222. The average molecular weight is 219 g/mol. The Hall–Kier alpha value is -1.35. The lowest BCUT2D eigenvalue weighted by atomic mass is 10.1. The number of likely N-dealkylation sites (tertiary alicyclic amines) is 1. The van der Waals surface area contributed by atoms with Gasteiger partial charge in [0.05, 0.1) is 6.61 Å². The van der Waals surface area contributed by atoms with Crippen molar-refractivity contribution in [1.29, 1.82) is 0 Å². The number of hydrogen-bond acceptors (Lipinski definition) is 2. The van der Waals surface area contributed by atoms with E-state index in [2.05, 4.69) is 0 Å². The molecule has 1 aromatic carbocycles. The molecule has 1 aromatic rings. The van der Waals surface area contributed by atoms with Gasteiger partial charge in [-0.1, -0.05) is 30.3 Å². The molecule has 3 nitrogen and oxygen atoms in total. The van der Waals surface area contributed by atoms with E-state index in [1.54, 1.807) is 4.90 Å². The molecular formula is C13H17NO2. The Labute approximate surface area is 96.0 Å². The number of carbonyl (C=O) groups is 1. The minimum atomic E-state index is 0.222. The normalized spacial score (nSPS) is 16.5. The Morgan fingerprint density at radius 3 is 2.75 bits per heavy atom. The highest BCUT2D eigenvalue weighted by Gasteiger charge is 2.17. The molecule has 0 aliphatic carbocycles. The van der Waals surface area contributed by atoms with Gasteiger partial charge in [0.2, 0.25) is 5.91 Å². The summed E-state index contributed by atoms with van der Waals surface area (Å²) in [6, 6.07) is 10.0. The van der Waals surface area contributed by atoms with E-state index in [4.69, 9.17) is 4.74 Å². The Morgan fingerprint density at radius 1 is 1.19 bits per heavy atom. The lowest BCUT2D eigenvalue weighted by Crippen LogP contribution is -2.36. The van der Waals surface area contributed by atoms with Crippen LogP contribution in [0.5, 0.6) is 0 Å². The summed E-state index contributed by atoms with van der Waals surface area (Å²) in [7, 11) is 0. The van der Waals surface area contributed by atoms with E-state index in [1.165, 1.54) is 0 Å². The first-order valence-corrected chi connectivity index (χ1v) is 5.76. The molecule has 0 unspecified atom stereocenters. The molecule has 0 spiro atoms. The van der Waals surface area contributed by atoms with Crippen LogP contribution in [-0.4, -0.2) is 24.1 Å². The van der Waals surface area contributed by atoms with E-state index in [9.17, 15) is 4.79 Å². The predicted octanol–water partition coefficient (Wildman–Crippen LogP) is 2.17. The van der Waals surface area contributed by atoms with Crippen molar-refractivity contribution < 1.29 is 9.53 Å². The molecule has 3 heteroatoms. The van der Waals surface area contributed by atoms with Gasteiger partial charge >= 0.3 is 0 Å². The lowest BCUT2D eigenvalue weighted by Gasteiger charge is -2.26. The summed E-state index contributed by atoms with van der Waals surface area (Å²) in [5.41, 5.74) is 1.15. The fourth-order valence-corrected chi connectivity index (χ4v) is 1.85. The molecule has 1 heterocycles. The largest absolute Gasteiger partial charge is 0.356 e. The average Bonchev–Trinajstić information content (AvgIpc) is 2.33. The first-order valence-electron chi connectivity index (χ1n) is 5.76. The van der Waals surface area contributed by atoms with E-state index >= 15 is 0 Å². The summed E-state index contributed by atoms with van der Waals surface area (Å²) < 4.78 is 5.53. The molecule has 1 amide bonds. The fraction of sp³-hybridized carbons (Fsp3) is 0.462. The summed E-state index contributed by atoms with van der Waals surface area (Å²) in [6.07, 6.45) is 2.79. The quantitative estimate of drug-likeness (QED) is 0.776. The minimum Gasteiger partial charge on any atom is -0.356 e. The molecule has 1 aliphatic rings. The fourth-order valence-electron chi connectivity index (χ4n) is 1.85. The van der Waals surface area contributed by atoms with Crippen molar-refractivity contribution >= 4 is 5.91 Å². The molecule has 86 valence electrons. The van der Waals surface area contributed by atoms with Gasteiger partial charge in [-0.25, -0.2) is 0 Å². The van der Waals surface area contributed by atoms with Crippen LogP contribution in [0, 0.1) is 0 Å². The van der Waals surface area contributed by atoms with Crippen molar-refractivity contribution in [1.82, 2.24) is 4.90 Å². The smallest absolute Gasteiger partial charge is 0.224 e. The third kappa shape index (κ3) is 3.07. The molecule has 1 aliphatic heterocycles. The topological polar surface area (TPSA) is 29.5 Å². The van der Waals surface area contributed by atoms with E-state index in [0.29, 0.717) is 19.8 Å². The molecule has 0 radical (unpaired) electrons. The standard InChI is InChI=1S/C13H17NO2/c15-13-8-4-5-9-14(13)11-16-10-12-6-2-1-3-7-12/h1-3,6-7H,4-5,8-11H2. The molecule has 0 saturated carbocycles. The van der Waals surface area contributed by atoms with Gasteiger partial charge in [0, 0.05) is 13.0 Å². The van der Waals surface area contributed by atoms with E-state index in [1.807, 2.05) is 30.3 Å². The Morgan fingerprint density at radius 2 is 2.00 bits per heavy atom. The van der Waals surface area contributed by atoms with Crippen LogP contribution < -0.4 is 0 Å². The van der Waals surface area contributed by atoms with E-state index in [-0.39, 0.29) is 5.91 Å². The molecule has 16 heavy (non-hydrogen) atoms. The van der Waals surface area contributed by atoms with Crippen LogP contribution in [0.4, 0.5) is 0 Å². The number of ether oxygens (including phenoxy) is 1. The highest BCUT2D eigenvalue weighted by Crippen LogP contribution is 2.10. The molecule has 0 aromatic heterocycles. The number of benzene rings is 1. The number of carbonyl (C=O) groups excluding carboxylic acids is 1. The van der Waals surface area contributed by atoms with Gasteiger partial charge in [-0.05, 0) is 18.4 Å². The Kier molecular flexibility index (Phi) is 3.94. The van der Waals surface area contributed by atoms with Crippen LogP contribution in [0.15, 0.2) is 30.3 Å². The number of rotatable bonds is 4. The summed E-state index contributed by atoms with van der Waals surface area (Å²) in [5.74, 6) is 0.222. The van der Waals surface area contributed by atoms with Crippen LogP contribution in [0.1, 0.15) is 24.8 Å². The second kappa shape index (κ2) is 5.66. The second-order valence-corrected chi connectivity index (χ2v) is 4.08. The third-order valence-electron chi connectivity index (χ3n) is 2.78. The molecular weight excluding hydrogens is 202 g/mol. The number of hydrogen-bond donors (Lipinski definition) is 0. The van der Waals surface area contributed by atoms with Crippen molar-refractivity contribution in [3.8, 4) is 0 Å². The number of nitrogens with zero attached hydrogens (tertiary/aromatic N) is 1. The molecule has 0 bridgehead atoms. The highest BCUT2D eigenvalue weighted by molar-refractivity contribution is 5.76. The zero-order valence-corrected chi connectivity index (χ0v) is 9.39. The number of piperidine rings is 1. The third-order valence-corrected chi connectivity index (χ3v) is 2.78. The first kappa shape index (κ1) is 11.1. The van der Waals surface area contributed by atoms with Crippen molar-refractivity contribution in [2.24, 2.45) is 0 Å². The van der Waals surface area contributed by atoms with Gasteiger partial charge in [-0.2, -0.15) is 0 Å². The predicted molar refractivity (Wildman–Crippen MR) is 61.7 cm³/mol. The van der Waals surface area contributed by atoms with Crippen LogP contribution >= 0.6 is 0 Å². The van der Waals surface area contributed by atoms with Crippen molar-refractivity contribution in [3.63, 3.8) is 0 Å². The lowest BCUT2D eigenvalue weighted by molar-refractivity contribution is -0.139. The van der Waals surface area contributed by atoms with Gasteiger partial charge in [-0.3, -0.25) is 4.79 Å². The second-order valence-electron chi connectivity index (χ2n) is 4.08. The summed E-state index contributed by atoms with van der Waals surface area (Å²) in [4.78, 5) is 13.3. The summed E-state index contributed by atoms with van der Waals surface area (Å²) in [5, 5.41) is 0. The van der Waals surface area contributed by atoms with Gasteiger partial charge in [0.15, 0.2) is 0 Å². The zero-order valence-electron chi connectivity index (χ0n) is 9.39. The summed E-state index contributed by atoms with van der Waals surface area (Å²) >= 11 is 0. The molecule has 1 fully saturated rings. The van der Waals surface area contributed by atoms with Crippen LogP contribution in [0.25, 0.3) is 0 Å². The maximum atomic E-state index is 11.5. The molecule has 1 saturated heterocycles. The zero-order chi connectivity index (χ0) is 11.2. The van der Waals surface area contributed by atoms with Crippen molar-refractivity contribution in [3.05, 3.63) is 35.9 Å². The van der Waals surface area contributed by atoms with Gasteiger partial charge in [0.25, 0.3) is 0 Å². The maximum absolute atomic E-state index is 11.5. The van der Waals surface area contributed by atoms with E-state index in [0.717, 1.165) is 24.9 Å². The van der Waals surface area contributed by atoms with Crippen LogP contribution in [-0.2, 0) is 16.1 Å². The van der Waals surface area contributed by atoms with Crippen LogP contribution in [0.3, 0.4) is 0 Å². The first-order chi connectivity index (χ1) is 7.86. The van der Waals surface area contributed by atoms with Crippen molar-refractivity contribution in [2.75, 3.05) is 13.3 Å². The summed E-state index contributed by atoms with van der Waals surface area (Å²) in [6.45, 7) is 1.84. The monoisotopic (exact) mass is 219 g/mol. The Bertz CT molecular complexity index is 337. The van der Waals surface area contributed by atoms with Gasteiger partial charge < -0.3 is 9.64 Å². The molecule has 0 atom stereocenters. The molecule has 0 N–H and O–H groups in total. The van der Waals surface area contributed by atoms with Crippen molar-refractivity contribution in [2.45, 2.75) is 25.9 Å². The van der Waals surface area contributed by atoms with E-state index < -0.39 is 0 Å². The molecule has 2 rings (SSSR count). The van der Waals surface area contributed by atoms with Gasteiger partial charge in [0.1, 0.15) is 6.73 Å².